The fourth-order valence-electron chi connectivity index (χ4n) is 2.06. The Hall–Kier alpha value is -1.83. The molecule has 2 N–H and O–H groups in total. The van der Waals surface area contributed by atoms with Gasteiger partial charge < -0.3 is 21.3 Å². The van der Waals surface area contributed by atoms with E-state index in [1.807, 2.05) is 30.3 Å². The Balaban J connectivity index is 0. The zero-order valence-corrected chi connectivity index (χ0v) is 17.5. The van der Waals surface area contributed by atoms with Crippen molar-refractivity contribution in [1.82, 2.24) is 5.32 Å². The van der Waals surface area contributed by atoms with E-state index in [2.05, 4.69) is 5.32 Å². The average molecular weight is 373 g/mol. The van der Waals surface area contributed by atoms with Crippen molar-refractivity contribution in [2.24, 2.45) is 0 Å². The number of esters is 2. The second kappa shape index (κ2) is 12.5. The molecule has 0 aliphatic carbocycles. The van der Waals surface area contributed by atoms with Crippen LogP contribution in [0.1, 0.15) is 27.8 Å². The summed E-state index contributed by atoms with van der Waals surface area (Å²) in [5.74, 6) is -2.43. The molecule has 0 radical (unpaired) electrons. The number of benzene rings is 1. The average Bonchev–Trinajstić information content (AvgIpc) is 2.55. The van der Waals surface area contributed by atoms with Crippen LogP contribution in [0.4, 0.5) is 0 Å². The van der Waals surface area contributed by atoms with Crippen LogP contribution in [0.25, 0.3) is 0 Å². The number of hydrogen-bond acceptors (Lipinski definition) is 6. The Morgan fingerprint density at radius 3 is 2.42 bits per heavy atom. The van der Waals surface area contributed by atoms with Gasteiger partial charge in [-0.25, -0.2) is 14.4 Å². The number of hydrogen-bond donors (Lipinski definition) is 2. The van der Waals surface area contributed by atoms with Crippen molar-refractivity contribution in [1.29, 1.82) is 0 Å². The Bertz CT molecular complexity index is 638. The molecule has 2 atom stereocenters. The Kier molecular flexibility index (Phi) is 11.6. The maximum absolute atomic E-state index is 11.8. The molecule has 138 valence electrons. The second-order valence-electron chi connectivity index (χ2n) is 5.38. The van der Waals surface area contributed by atoms with Gasteiger partial charge in [0.15, 0.2) is 6.10 Å². The SMILES string of the molecule is CCOC(=O)C(C)OC(=O)C=C(C)N[C@@H](Cc1ccccc1)C(=O)O.[H-].[Na+]. The first-order chi connectivity index (χ1) is 11.8. The van der Waals surface area contributed by atoms with E-state index >= 15 is 0 Å². The molecule has 0 saturated carbocycles. The van der Waals surface area contributed by atoms with E-state index in [-0.39, 0.29) is 44.0 Å². The van der Waals surface area contributed by atoms with E-state index < -0.39 is 30.1 Å². The molecule has 7 nitrogen and oxygen atoms in total. The number of rotatable bonds is 9. The van der Waals surface area contributed by atoms with Crippen molar-refractivity contribution in [2.75, 3.05) is 6.61 Å². The van der Waals surface area contributed by atoms with Gasteiger partial charge in [0.1, 0.15) is 6.04 Å². The molecule has 0 spiro atoms. The van der Waals surface area contributed by atoms with Crippen molar-refractivity contribution in [3.8, 4) is 0 Å². The molecule has 8 heteroatoms. The van der Waals surface area contributed by atoms with Gasteiger partial charge >= 0.3 is 47.5 Å². The molecule has 0 heterocycles. The molecule has 1 aromatic rings. The number of allylic oxidation sites excluding steroid dienone is 1. The van der Waals surface area contributed by atoms with Crippen LogP contribution in [-0.2, 0) is 30.3 Å². The molecule has 0 fully saturated rings. The summed E-state index contributed by atoms with van der Waals surface area (Å²) in [6, 6.07) is 8.25. The zero-order chi connectivity index (χ0) is 18.8. The summed E-state index contributed by atoms with van der Waals surface area (Å²) in [6.45, 7) is 4.80. The number of ether oxygens (including phenoxy) is 2. The molecule has 0 amide bonds. The van der Waals surface area contributed by atoms with E-state index in [1.165, 1.54) is 6.92 Å². The summed E-state index contributed by atoms with van der Waals surface area (Å²) in [4.78, 5) is 34.6. The molecule has 26 heavy (non-hydrogen) atoms. The third-order valence-corrected chi connectivity index (χ3v) is 3.23. The number of nitrogens with one attached hydrogen (secondary N) is 1. The normalized spacial score (nSPS) is 13.0. The molecular formula is C18H24NNaO6. The van der Waals surface area contributed by atoms with Crippen molar-refractivity contribution < 1.29 is 59.9 Å². The van der Waals surface area contributed by atoms with E-state index in [1.54, 1.807) is 13.8 Å². The van der Waals surface area contributed by atoms with E-state index in [9.17, 15) is 19.5 Å². The van der Waals surface area contributed by atoms with Gasteiger partial charge in [0.05, 0.1) is 6.61 Å². The molecule has 0 aromatic heterocycles. The van der Waals surface area contributed by atoms with Gasteiger partial charge in [-0.2, -0.15) is 0 Å². The summed E-state index contributed by atoms with van der Waals surface area (Å²) in [5, 5.41) is 12.1. The van der Waals surface area contributed by atoms with Gasteiger partial charge in [0.25, 0.3) is 0 Å². The number of carboxylic acids is 1. The second-order valence-corrected chi connectivity index (χ2v) is 5.38. The first-order valence-electron chi connectivity index (χ1n) is 7.92. The molecule has 0 aliphatic heterocycles. The first kappa shape index (κ1) is 24.2. The Labute approximate surface area is 176 Å². The maximum atomic E-state index is 11.8. The standard InChI is InChI=1S/C18H23NO6.Na.H/c1-4-24-18(23)13(3)25-16(20)10-12(2)19-15(17(21)22)11-14-8-6-5-7-9-14;;/h5-10,13,15,19H,4,11H2,1-3H3,(H,21,22);;/q;+1;-1/t13?,15-;;/m0../s1. The van der Waals surface area contributed by atoms with Gasteiger partial charge in [0.2, 0.25) is 0 Å². The van der Waals surface area contributed by atoms with Gasteiger partial charge in [-0.1, -0.05) is 30.3 Å². The minimum atomic E-state index is -1.04. The van der Waals surface area contributed by atoms with Crippen molar-refractivity contribution >= 4 is 17.9 Å². The van der Waals surface area contributed by atoms with Crippen LogP contribution in [0.2, 0.25) is 0 Å². The number of aliphatic carboxylic acids is 1. The first-order valence-corrected chi connectivity index (χ1v) is 7.92. The van der Waals surface area contributed by atoms with E-state index in [4.69, 9.17) is 9.47 Å². The summed E-state index contributed by atoms with van der Waals surface area (Å²) in [7, 11) is 0. The third kappa shape index (κ3) is 9.03. The zero-order valence-electron chi connectivity index (χ0n) is 16.5. The van der Waals surface area contributed by atoms with Gasteiger partial charge in [0, 0.05) is 18.2 Å². The van der Waals surface area contributed by atoms with Crippen LogP contribution in [0.3, 0.4) is 0 Å². The number of carbonyl (C=O) groups is 3. The predicted octanol–water partition coefficient (Wildman–Crippen LogP) is -1.21. The van der Waals surface area contributed by atoms with Gasteiger partial charge in [-0.05, 0) is 26.3 Å². The van der Waals surface area contributed by atoms with Crippen molar-refractivity contribution in [3.05, 3.63) is 47.7 Å². The van der Waals surface area contributed by atoms with E-state index in [0.717, 1.165) is 11.6 Å². The van der Waals surface area contributed by atoms with Crippen molar-refractivity contribution in [3.63, 3.8) is 0 Å². The molecule has 1 rings (SSSR count). The quantitative estimate of drug-likeness (QED) is 0.318. The number of carbonyl (C=O) groups excluding carboxylic acids is 2. The van der Waals surface area contributed by atoms with Crippen LogP contribution >= 0.6 is 0 Å². The molecule has 1 unspecified atom stereocenters. The largest absolute Gasteiger partial charge is 1.00 e. The molecule has 1 aromatic carbocycles. The predicted molar refractivity (Wildman–Crippen MR) is 91.8 cm³/mol. The number of carboxylic acid groups (broad SMARTS) is 1. The Morgan fingerprint density at radius 2 is 1.88 bits per heavy atom. The monoisotopic (exact) mass is 373 g/mol. The third-order valence-electron chi connectivity index (χ3n) is 3.23. The summed E-state index contributed by atoms with van der Waals surface area (Å²) in [6.07, 6.45) is 0.336. The Morgan fingerprint density at radius 1 is 1.27 bits per heavy atom. The molecule has 0 bridgehead atoms. The summed E-state index contributed by atoms with van der Waals surface area (Å²) < 4.78 is 9.66. The van der Waals surface area contributed by atoms with Crippen LogP contribution < -0.4 is 34.9 Å². The van der Waals surface area contributed by atoms with Gasteiger partial charge in [-0.15, -0.1) is 0 Å². The maximum Gasteiger partial charge on any atom is 1.00 e. The van der Waals surface area contributed by atoms with Crippen molar-refractivity contribution in [2.45, 2.75) is 39.3 Å². The molecule has 0 saturated heterocycles. The van der Waals surface area contributed by atoms with Crippen LogP contribution in [-0.4, -0.2) is 41.8 Å². The van der Waals surface area contributed by atoms with E-state index in [0.29, 0.717) is 5.70 Å². The minimum absolute atomic E-state index is 0. The van der Waals surface area contributed by atoms with Crippen LogP contribution in [0.5, 0.6) is 0 Å². The fourth-order valence-corrected chi connectivity index (χ4v) is 2.06. The van der Waals surface area contributed by atoms with Gasteiger partial charge in [-0.3, -0.25) is 0 Å². The minimum Gasteiger partial charge on any atom is -1.00 e. The summed E-state index contributed by atoms with van der Waals surface area (Å²) in [5.41, 5.74) is 1.18. The van der Waals surface area contributed by atoms with Crippen LogP contribution in [0.15, 0.2) is 42.1 Å². The summed E-state index contributed by atoms with van der Waals surface area (Å²) >= 11 is 0. The topological polar surface area (TPSA) is 102 Å². The smallest absolute Gasteiger partial charge is 1.00 e. The fraction of sp³-hybridized carbons (Fsp3) is 0.389. The molecular weight excluding hydrogens is 349 g/mol. The molecule has 0 aliphatic rings. The van der Waals surface area contributed by atoms with Crippen LogP contribution in [0, 0.1) is 0 Å².